The van der Waals surface area contributed by atoms with Gasteiger partial charge < -0.3 is 15.4 Å². The third-order valence-electron chi connectivity index (χ3n) is 6.93. The van der Waals surface area contributed by atoms with E-state index < -0.39 is 0 Å². The van der Waals surface area contributed by atoms with E-state index in [-0.39, 0.29) is 0 Å². The maximum atomic E-state index is 5.67. The zero-order valence-corrected chi connectivity index (χ0v) is 20.4. The Morgan fingerprint density at radius 2 is 1.86 bits per heavy atom. The van der Waals surface area contributed by atoms with Gasteiger partial charge >= 0.3 is 0 Å². The van der Waals surface area contributed by atoms with Crippen molar-refractivity contribution in [1.82, 2.24) is 29.6 Å². The molecule has 2 N–H and O–H groups in total. The molecule has 6 rings (SSSR count). The van der Waals surface area contributed by atoms with Crippen molar-refractivity contribution >= 4 is 28.1 Å². The molecular formula is C26H30N8O. The van der Waals surface area contributed by atoms with Crippen molar-refractivity contribution in [2.24, 2.45) is 0 Å². The fourth-order valence-corrected chi connectivity index (χ4v) is 4.89. The van der Waals surface area contributed by atoms with Crippen LogP contribution in [0.3, 0.4) is 0 Å². The molecule has 2 aliphatic rings. The van der Waals surface area contributed by atoms with Crippen LogP contribution in [0.1, 0.15) is 25.1 Å². The lowest BCUT2D eigenvalue weighted by molar-refractivity contribution is 0.225. The Kier molecular flexibility index (Phi) is 5.49. The monoisotopic (exact) mass is 470 g/mol. The van der Waals surface area contributed by atoms with Crippen LogP contribution in [0.2, 0.25) is 0 Å². The fraction of sp³-hybridized carbons (Fsp3) is 0.385. The van der Waals surface area contributed by atoms with Crippen LogP contribution in [0, 0.1) is 6.92 Å². The van der Waals surface area contributed by atoms with Crippen LogP contribution in [0.5, 0.6) is 5.88 Å². The highest BCUT2D eigenvalue weighted by atomic mass is 16.5. The Bertz CT molecular complexity index is 1370. The van der Waals surface area contributed by atoms with E-state index in [0.29, 0.717) is 18.5 Å². The highest BCUT2D eigenvalue weighted by molar-refractivity contribution is 5.88. The summed E-state index contributed by atoms with van der Waals surface area (Å²) in [7, 11) is 0. The summed E-state index contributed by atoms with van der Waals surface area (Å²) >= 11 is 0. The summed E-state index contributed by atoms with van der Waals surface area (Å²) < 4.78 is 7.79. The standard InChI is InChI=1S/C26H30N8O/c1-16(2)33-6-4-20-12-24(32-34(20)8-7-33)31-23-11-18-10-22(28-13-19(18)14-29-23)21-15-30-26-25(17(21)3)27-5-9-35-26/h10-16,27H,4-9H2,1-3H3,(H,29,31,32). The van der Waals surface area contributed by atoms with E-state index in [1.54, 1.807) is 0 Å². The van der Waals surface area contributed by atoms with Crippen LogP contribution < -0.4 is 15.4 Å². The van der Waals surface area contributed by atoms with Gasteiger partial charge in [-0.1, -0.05) is 0 Å². The van der Waals surface area contributed by atoms with E-state index in [1.165, 1.54) is 5.69 Å². The molecule has 0 amide bonds. The molecule has 0 spiro atoms. The molecule has 0 unspecified atom stereocenters. The van der Waals surface area contributed by atoms with Gasteiger partial charge in [-0.3, -0.25) is 14.6 Å². The molecule has 0 saturated carbocycles. The lowest BCUT2D eigenvalue weighted by Gasteiger charge is -2.23. The van der Waals surface area contributed by atoms with Crippen LogP contribution in [0.15, 0.2) is 36.8 Å². The molecule has 9 nitrogen and oxygen atoms in total. The van der Waals surface area contributed by atoms with E-state index in [9.17, 15) is 0 Å². The summed E-state index contributed by atoms with van der Waals surface area (Å²) in [6.07, 6.45) is 6.56. The molecule has 0 aliphatic carbocycles. The van der Waals surface area contributed by atoms with Gasteiger partial charge in [0.25, 0.3) is 0 Å². The molecule has 9 heteroatoms. The molecule has 6 heterocycles. The molecular weight excluding hydrogens is 440 g/mol. The van der Waals surface area contributed by atoms with Crippen molar-refractivity contribution < 1.29 is 4.74 Å². The Labute approximate surface area is 204 Å². The molecule has 0 fully saturated rings. The molecule has 35 heavy (non-hydrogen) atoms. The smallest absolute Gasteiger partial charge is 0.237 e. The summed E-state index contributed by atoms with van der Waals surface area (Å²) in [4.78, 5) is 16.3. The first-order valence-corrected chi connectivity index (χ1v) is 12.3. The van der Waals surface area contributed by atoms with Crippen LogP contribution in [0.4, 0.5) is 17.3 Å². The minimum absolute atomic E-state index is 0.559. The first kappa shape index (κ1) is 21.8. The topological polar surface area (TPSA) is 93.0 Å². The minimum Gasteiger partial charge on any atom is -0.474 e. The third kappa shape index (κ3) is 4.16. The summed E-state index contributed by atoms with van der Waals surface area (Å²) in [6, 6.07) is 6.84. The summed E-state index contributed by atoms with van der Waals surface area (Å²) in [5.74, 6) is 2.26. The second kappa shape index (κ2) is 8.81. The third-order valence-corrected chi connectivity index (χ3v) is 6.93. The Morgan fingerprint density at radius 3 is 2.74 bits per heavy atom. The van der Waals surface area contributed by atoms with Crippen molar-refractivity contribution in [1.29, 1.82) is 0 Å². The summed E-state index contributed by atoms with van der Waals surface area (Å²) in [6.45, 7) is 11.0. The first-order valence-electron chi connectivity index (χ1n) is 12.3. The van der Waals surface area contributed by atoms with Crippen LogP contribution >= 0.6 is 0 Å². The van der Waals surface area contributed by atoms with E-state index in [1.807, 2.05) is 24.7 Å². The van der Waals surface area contributed by atoms with Gasteiger partial charge in [0.15, 0.2) is 5.82 Å². The molecule has 0 atom stereocenters. The number of aromatic nitrogens is 5. The fourth-order valence-electron chi connectivity index (χ4n) is 4.89. The van der Waals surface area contributed by atoms with E-state index in [4.69, 9.17) is 9.84 Å². The summed E-state index contributed by atoms with van der Waals surface area (Å²) in [5.41, 5.74) is 5.16. The van der Waals surface area contributed by atoms with Crippen molar-refractivity contribution in [3.8, 4) is 17.1 Å². The average Bonchev–Trinajstić information content (AvgIpc) is 3.13. The van der Waals surface area contributed by atoms with Crippen molar-refractivity contribution in [2.45, 2.75) is 39.8 Å². The van der Waals surface area contributed by atoms with E-state index >= 15 is 0 Å². The van der Waals surface area contributed by atoms with Crippen molar-refractivity contribution in [2.75, 3.05) is 36.9 Å². The molecule has 0 radical (unpaired) electrons. The lowest BCUT2D eigenvalue weighted by atomic mass is 10.0. The highest BCUT2D eigenvalue weighted by Gasteiger charge is 2.19. The number of nitrogens with one attached hydrogen (secondary N) is 2. The van der Waals surface area contributed by atoms with Gasteiger partial charge in [0, 0.05) is 73.4 Å². The zero-order valence-electron chi connectivity index (χ0n) is 20.4. The Balaban J connectivity index is 1.26. The van der Waals surface area contributed by atoms with Gasteiger partial charge in [-0.25, -0.2) is 9.97 Å². The highest BCUT2D eigenvalue weighted by Crippen LogP contribution is 2.35. The number of fused-ring (bicyclic) bond motifs is 3. The normalized spacial score (nSPS) is 15.8. The van der Waals surface area contributed by atoms with Crippen LogP contribution in [-0.2, 0) is 13.0 Å². The minimum atomic E-state index is 0.559. The van der Waals surface area contributed by atoms with Gasteiger partial charge in [0.1, 0.15) is 18.1 Å². The first-order chi connectivity index (χ1) is 17.0. The van der Waals surface area contributed by atoms with Gasteiger partial charge in [0.05, 0.1) is 12.2 Å². The van der Waals surface area contributed by atoms with Gasteiger partial charge in [-0.05, 0) is 43.9 Å². The maximum Gasteiger partial charge on any atom is 0.237 e. The predicted octanol–water partition coefficient (Wildman–Crippen LogP) is 4.01. The molecule has 2 aliphatic heterocycles. The SMILES string of the molecule is Cc1c(-c2cc3cc(Nc4cc5n(n4)CCN(C(C)C)CC5)ncc3cn2)cnc2c1NCCO2. The number of hydrogen-bond donors (Lipinski definition) is 2. The lowest BCUT2D eigenvalue weighted by Crippen LogP contribution is -2.33. The largest absolute Gasteiger partial charge is 0.474 e. The van der Waals surface area contributed by atoms with Crippen molar-refractivity contribution in [3.63, 3.8) is 0 Å². The predicted molar refractivity (Wildman–Crippen MR) is 137 cm³/mol. The maximum absolute atomic E-state index is 5.67. The number of pyridine rings is 3. The average molecular weight is 471 g/mol. The number of anilines is 3. The van der Waals surface area contributed by atoms with E-state index in [0.717, 1.165) is 77.5 Å². The molecule has 0 bridgehead atoms. The second-order valence-corrected chi connectivity index (χ2v) is 9.49. The second-order valence-electron chi connectivity index (χ2n) is 9.49. The zero-order chi connectivity index (χ0) is 23.9. The molecule has 0 aromatic carbocycles. The molecule has 4 aromatic heterocycles. The van der Waals surface area contributed by atoms with Crippen molar-refractivity contribution in [3.05, 3.63) is 48.0 Å². The summed E-state index contributed by atoms with van der Waals surface area (Å²) in [5, 5.41) is 13.6. The van der Waals surface area contributed by atoms with Gasteiger partial charge in [0.2, 0.25) is 5.88 Å². The number of rotatable bonds is 4. The van der Waals surface area contributed by atoms with Gasteiger partial charge in [-0.15, -0.1) is 0 Å². The van der Waals surface area contributed by atoms with Gasteiger partial charge in [-0.2, -0.15) is 5.10 Å². The molecule has 0 saturated heterocycles. The molecule has 180 valence electrons. The Morgan fingerprint density at radius 1 is 0.971 bits per heavy atom. The Hall–Kier alpha value is -3.72. The van der Waals surface area contributed by atoms with Crippen LogP contribution in [-0.4, -0.2) is 61.9 Å². The number of hydrogen-bond acceptors (Lipinski definition) is 8. The van der Waals surface area contributed by atoms with Crippen LogP contribution in [0.25, 0.3) is 22.0 Å². The van der Waals surface area contributed by atoms with E-state index in [2.05, 4.69) is 68.1 Å². The quantitative estimate of drug-likeness (QED) is 0.462. The number of nitrogens with zero attached hydrogens (tertiary/aromatic N) is 6. The molecule has 4 aromatic rings. The number of ether oxygens (including phenoxy) is 1.